The molecule has 138 valence electrons. The third-order valence-corrected chi connectivity index (χ3v) is 16.9. The molecule has 0 radical (unpaired) electrons. The van der Waals surface area contributed by atoms with Crippen molar-refractivity contribution in [1.82, 2.24) is 27.5 Å². The van der Waals surface area contributed by atoms with Crippen LogP contribution in [0.25, 0.3) is 0 Å². The molecule has 23 heavy (non-hydrogen) atoms. The summed E-state index contributed by atoms with van der Waals surface area (Å²) in [6.45, 7) is 3.66. The number of rotatable bonds is 10. The van der Waals surface area contributed by atoms with Crippen molar-refractivity contribution in [2.75, 3.05) is 6.54 Å². The largest absolute Gasteiger partial charge is 0.346 e. The third-order valence-electron chi connectivity index (χ3n) is 4.25. The van der Waals surface area contributed by atoms with E-state index in [0.29, 0.717) is 0 Å². The van der Waals surface area contributed by atoms with Crippen LogP contribution in [-0.2, 0) is 0 Å². The van der Waals surface area contributed by atoms with Gasteiger partial charge in [0, 0.05) is 0 Å². The Hall–Kier alpha value is 1.06. The summed E-state index contributed by atoms with van der Waals surface area (Å²) in [6, 6.07) is 0. The van der Waals surface area contributed by atoms with Gasteiger partial charge in [-0.2, -0.15) is 0 Å². The van der Waals surface area contributed by atoms with Crippen LogP contribution in [0.1, 0.15) is 64.7 Å². The van der Waals surface area contributed by atoms with Crippen molar-refractivity contribution in [3.8, 4) is 0 Å². The molecule has 1 fully saturated rings. The molecule has 0 atom stereocenters. The molecule has 0 amide bonds. The van der Waals surface area contributed by atoms with E-state index in [4.69, 9.17) is 0 Å². The summed E-state index contributed by atoms with van der Waals surface area (Å²) in [7, 11) is -0.997. The maximum Gasteiger partial charge on any atom is 0.158 e. The van der Waals surface area contributed by atoms with Crippen LogP contribution in [0.2, 0.25) is 0 Å². The summed E-state index contributed by atoms with van der Waals surface area (Å²) in [4.78, 5) is 0. The van der Waals surface area contributed by atoms with E-state index < -0.39 is 0 Å². The lowest BCUT2D eigenvalue weighted by Crippen LogP contribution is -2.56. The number of hydrogen-bond acceptors (Lipinski definition) is 6. The van der Waals surface area contributed by atoms with Crippen LogP contribution in [0.4, 0.5) is 0 Å². The molecule has 0 saturated carbocycles. The van der Waals surface area contributed by atoms with E-state index in [1.807, 2.05) is 0 Å². The number of hydrogen-bond donors (Lipinski definition) is 5. The molecule has 5 N–H and O–H groups in total. The van der Waals surface area contributed by atoms with Crippen molar-refractivity contribution in [3.05, 3.63) is 0 Å². The molecular weight excluding hydrogens is 385 g/mol. The molecule has 1 aliphatic rings. The molecule has 0 aromatic carbocycles. The third kappa shape index (κ3) is 15.1. The first-order valence-electron chi connectivity index (χ1n) is 9.69. The van der Waals surface area contributed by atoms with Crippen molar-refractivity contribution >= 4 is 59.1 Å². The number of nitrogens with one attached hydrogen (secondary N) is 5. The predicted molar refractivity (Wildman–Crippen MR) is 121 cm³/mol. The van der Waals surface area contributed by atoms with Crippen LogP contribution in [0.5, 0.6) is 0 Å². The van der Waals surface area contributed by atoms with Gasteiger partial charge >= 0.3 is 0 Å². The van der Waals surface area contributed by atoms with Gasteiger partial charge in [-0.25, -0.2) is 0 Å². The fourth-order valence-corrected chi connectivity index (χ4v) is 21.0. The Morgan fingerprint density at radius 1 is 0.565 bits per heavy atom. The first kappa shape index (κ1) is 22.1. The van der Waals surface area contributed by atoms with Gasteiger partial charge in [-0.1, -0.05) is 58.3 Å². The molecule has 1 rings (SSSR count). The fourth-order valence-electron chi connectivity index (χ4n) is 2.83. The summed E-state index contributed by atoms with van der Waals surface area (Å²) in [5, 5.41) is 0. The highest BCUT2D eigenvalue weighted by atomic mass is 28.4. The van der Waals surface area contributed by atoms with Gasteiger partial charge in [-0.15, -0.1) is 0 Å². The molecule has 0 unspecified atom stereocenters. The van der Waals surface area contributed by atoms with Gasteiger partial charge in [-0.3, -0.25) is 0 Å². The molecule has 1 saturated heterocycles. The summed E-state index contributed by atoms with van der Waals surface area (Å²) in [5.74, 6) is 0. The van der Waals surface area contributed by atoms with Crippen molar-refractivity contribution in [3.63, 3.8) is 0 Å². The minimum atomic E-state index is -0.172. The lowest BCUT2D eigenvalue weighted by atomic mass is 10.1. The summed E-state index contributed by atoms with van der Waals surface area (Å²) < 4.78 is 21.5. The molecule has 0 spiro atoms. The van der Waals surface area contributed by atoms with Crippen LogP contribution in [0.3, 0.4) is 0 Å². The SMILES string of the molecule is CCCCCCCCCCCN1[SiH2]N[SiH2]N[SiH2]N[SiH2]N[SiH2]N[SiH2]1. The van der Waals surface area contributed by atoms with Gasteiger partial charge in [0.1, 0.15) is 0 Å². The van der Waals surface area contributed by atoms with E-state index in [2.05, 4.69) is 34.4 Å². The Balaban J connectivity index is 1.99. The zero-order chi connectivity index (χ0) is 16.4. The normalized spacial score (nSPS) is 25.4. The molecule has 6 nitrogen and oxygen atoms in total. The predicted octanol–water partition coefficient (Wildman–Crippen LogP) is -4.23. The van der Waals surface area contributed by atoms with Gasteiger partial charge < -0.3 is 27.5 Å². The van der Waals surface area contributed by atoms with E-state index in [0.717, 1.165) is 0 Å². The minimum absolute atomic E-state index is 0.156. The second-order valence-corrected chi connectivity index (χ2v) is 21.2. The quantitative estimate of drug-likeness (QED) is 0.181. The topological polar surface area (TPSA) is 63.4 Å². The Labute approximate surface area is 157 Å². The summed E-state index contributed by atoms with van der Waals surface area (Å²) >= 11 is 0. The molecule has 1 heterocycles. The van der Waals surface area contributed by atoms with E-state index in [9.17, 15) is 0 Å². The Morgan fingerprint density at radius 2 is 1.00 bits per heavy atom. The zero-order valence-electron chi connectivity index (χ0n) is 15.3. The molecule has 12 heteroatoms. The van der Waals surface area contributed by atoms with E-state index in [1.165, 1.54) is 64.3 Å². The highest BCUT2D eigenvalue weighted by Gasteiger charge is 2.06. The van der Waals surface area contributed by atoms with Crippen LogP contribution >= 0.6 is 0 Å². The number of nitrogens with zero attached hydrogens (tertiary/aromatic N) is 1. The smallest absolute Gasteiger partial charge is 0.158 e. The minimum Gasteiger partial charge on any atom is -0.346 e. The first-order chi connectivity index (χ1) is 11.4. The monoisotopic (exact) mass is 424 g/mol. The molecular formula is C11H40N6Si6. The molecule has 0 aromatic heterocycles. The zero-order valence-corrected chi connectivity index (χ0v) is 23.7. The van der Waals surface area contributed by atoms with Crippen LogP contribution in [-0.4, -0.2) is 69.8 Å². The van der Waals surface area contributed by atoms with Crippen molar-refractivity contribution < 1.29 is 0 Å². The Bertz CT molecular complexity index is 243. The maximum absolute atomic E-state index is 3.83. The van der Waals surface area contributed by atoms with E-state index >= 15 is 0 Å². The molecule has 0 aliphatic carbocycles. The highest BCUT2D eigenvalue weighted by Crippen LogP contribution is 2.09. The van der Waals surface area contributed by atoms with Crippen molar-refractivity contribution in [2.24, 2.45) is 0 Å². The van der Waals surface area contributed by atoms with E-state index in [-0.39, 0.29) is 59.1 Å². The van der Waals surface area contributed by atoms with Gasteiger partial charge in [-0.05, 0) is 13.0 Å². The van der Waals surface area contributed by atoms with E-state index in [1.54, 1.807) is 0 Å². The Morgan fingerprint density at radius 3 is 1.52 bits per heavy atom. The highest BCUT2D eigenvalue weighted by molar-refractivity contribution is 6.65. The standard InChI is InChI=1S/C11H40N6Si6/c1-2-3-4-5-6-7-8-9-10-11-17-22-15-20-13-18-12-19-14-21-16-23-17/h12-16H,2-11,18-23H2,1H3. The second kappa shape index (κ2) is 17.9. The lowest BCUT2D eigenvalue weighted by Gasteiger charge is -2.23. The van der Waals surface area contributed by atoms with Gasteiger partial charge in [0.25, 0.3) is 0 Å². The molecule has 0 aromatic rings. The average molecular weight is 425 g/mol. The number of unbranched alkanes of at least 4 members (excludes halogenated alkanes) is 8. The second-order valence-electron chi connectivity index (χ2n) is 6.50. The molecule has 0 bridgehead atoms. The average Bonchev–Trinajstić information content (AvgIpc) is 2.55. The summed E-state index contributed by atoms with van der Waals surface area (Å²) in [6.07, 6.45) is 13.0. The maximum atomic E-state index is 3.83. The van der Waals surface area contributed by atoms with Crippen molar-refractivity contribution in [1.29, 1.82) is 0 Å². The summed E-state index contributed by atoms with van der Waals surface area (Å²) in [5.41, 5.74) is 0. The fraction of sp³-hybridized carbons (Fsp3) is 1.00. The van der Waals surface area contributed by atoms with Crippen LogP contribution in [0.15, 0.2) is 0 Å². The van der Waals surface area contributed by atoms with Crippen molar-refractivity contribution in [2.45, 2.75) is 64.7 Å². The van der Waals surface area contributed by atoms with Gasteiger partial charge in [0.15, 0.2) is 59.1 Å². The first-order valence-corrected chi connectivity index (χ1v) is 18.0. The Kier molecular flexibility index (Phi) is 17.2. The lowest BCUT2D eigenvalue weighted by molar-refractivity contribution is 0.536. The van der Waals surface area contributed by atoms with Gasteiger partial charge in [0.2, 0.25) is 0 Å². The van der Waals surface area contributed by atoms with Crippen LogP contribution < -0.4 is 23.2 Å². The molecule has 1 aliphatic heterocycles. The van der Waals surface area contributed by atoms with Crippen LogP contribution in [0, 0.1) is 0 Å². The van der Waals surface area contributed by atoms with Gasteiger partial charge in [0.05, 0.1) is 0 Å².